The summed E-state index contributed by atoms with van der Waals surface area (Å²) in [5, 5.41) is 24.0. The van der Waals surface area contributed by atoms with E-state index < -0.39 is 29.9 Å². The molecular formula is C9H16N2O7. The Hall–Kier alpha value is -2.16. The fourth-order valence-corrected chi connectivity index (χ4v) is 0.635. The predicted octanol–water partition coefficient (Wildman–Crippen LogP) is -1.40. The molecule has 0 saturated carbocycles. The highest BCUT2D eigenvalue weighted by atomic mass is 16.4. The lowest BCUT2D eigenvalue weighted by molar-refractivity contribution is -0.143. The molecule has 104 valence electrons. The van der Waals surface area contributed by atoms with Crippen LogP contribution in [0.15, 0.2) is 0 Å². The number of primary amides is 1. The molecule has 0 spiro atoms. The number of hydrogen-bond acceptors (Lipinski definition) is 5. The quantitative estimate of drug-likeness (QED) is 0.372. The summed E-state index contributed by atoms with van der Waals surface area (Å²) in [6.45, 7) is 0. The normalized spacial score (nSPS) is 10.7. The van der Waals surface area contributed by atoms with E-state index in [0.29, 0.717) is 0 Å². The van der Waals surface area contributed by atoms with E-state index >= 15 is 0 Å². The third kappa shape index (κ3) is 16.3. The lowest BCUT2D eigenvalue weighted by Crippen LogP contribution is -2.31. The van der Waals surface area contributed by atoms with Gasteiger partial charge >= 0.3 is 17.9 Å². The van der Waals surface area contributed by atoms with Crippen LogP contribution in [0.5, 0.6) is 0 Å². The summed E-state index contributed by atoms with van der Waals surface area (Å²) < 4.78 is 0. The lowest BCUT2D eigenvalue weighted by Gasteiger charge is -2.01. The predicted molar refractivity (Wildman–Crippen MR) is 58.5 cm³/mol. The number of carbonyl (C=O) groups is 4. The Morgan fingerprint density at radius 3 is 1.50 bits per heavy atom. The fourth-order valence-electron chi connectivity index (χ4n) is 0.635. The molecule has 0 aliphatic heterocycles. The summed E-state index contributed by atoms with van der Waals surface area (Å²) in [5.74, 6) is -3.79. The summed E-state index contributed by atoms with van der Waals surface area (Å²) in [5.41, 5.74) is 9.81. The molecule has 0 fully saturated rings. The highest BCUT2D eigenvalue weighted by Crippen LogP contribution is 1.92. The van der Waals surface area contributed by atoms with Crippen molar-refractivity contribution in [2.75, 3.05) is 0 Å². The van der Waals surface area contributed by atoms with Crippen molar-refractivity contribution in [1.82, 2.24) is 0 Å². The van der Waals surface area contributed by atoms with Crippen molar-refractivity contribution in [3.8, 4) is 0 Å². The van der Waals surface area contributed by atoms with Gasteiger partial charge in [-0.15, -0.1) is 0 Å². The Morgan fingerprint density at radius 2 is 1.28 bits per heavy atom. The lowest BCUT2D eigenvalue weighted by atomic mass is 10.2. The number of carboxylic acids is 3. The molecule has 0 aliphatic rings. The van der Waals surface area contributed by atoms with Crippen LogP contribution < -0.4 is 11.5 Å². The average molecular weight is 264 g/mol. The minimum absolute atomic E-state index is 0.0213. The third-order valence-corrected chi connectivity index (χ3v) is 1.57. The number of hydrogen-bond donors (Lipinski definition) is 5. The van der Waals surface area contributed by atoms with Gasteiger partial charge in [0.1, 0.15) is 6.04 Å². The zero-order valence-electron chi connectivity index (χ0n) is 9.54. The molecular weight excluding hydrogens is 248 g/mol. The molecule has 0 aromatic heterocycles. The number of rotatable bonds is 7. The Bertz CT molecular complexity index is 302. The molecule has 0 rings (SSSR count). The fraction of sp³-hybridized carbons (Fsp3) is 0.556. The van der Waals surface area contributed by atoms with Gasteiger partial charge in [0.15, 0.2) is 0 Å². The van der Waals surface area contributed by atoms with Crippen molar-refractivity contribution in [2.45, 2.75) is 31.7 Å². The Kier molecular flexibility index (Phi) is 10.1. The summed E-state index contributed by atoms with van der Waals surface area (Å²) >= 11 is 0. The first-order valence-corrected chi connectivity index (χ1v) is 4.87. The zero-order valence-corrected chi connectivity index (χ0v) is 9.54. The van der Waals surface area contributed by atoms with Gasteiger partial charge in [-0.2, -0.15) is 0 Å². The molecule has 0 unspecified atom stereocenters. The van der Waals surface area contributed by atoms with E-state index in [2.05, 4.69) is 0 Å². The van der Waals surface area contributed by atoms with E-state index in [9.17, 15) is 19.2 Å². The Labute approximate surface area is 102 Å². The molecule has 0 aromatic rings. The SMILES string of the molecule is NC(=O)CC[C@H](N)C(=O)O.O=C(O)CCC(=O)O. The smallest absolute Gasteiger partial charge is 0.320 e. The first kappa shape index (κ1) is 18.2. The Morgan fingerprint density at radius 1 is 0.889 bits per heavy atom. The summed E-state index contributed by atoms with van der Waals surface area (Å²) in [6, 6.07) is -0.979. The molecule has 0 radical (unpaired) electrons. The molecule has 0 heterocycles. The molecule has 0 aromatic carbocycles. The second kappa shape index (κ2) is 10.0. The minimum Gasteiger partial charge on any atom is -0.481 e. The maximum absolute atomic E-state index is 10.1. The minimum atomic E-state index is -1.11. The average Bonchev–Trinajstić information content (AvgIpc) is 2.23. The van der Waals surface area contributed by atoms with Crippen LogP contribution in [0.25, 0.3) is 0 Å². The summed E-state index contributed by atoms with van der Waals surface area (Å²) in [7, 11) is 0. The maximum atomic E-state index is 10.1. The molecule has 1 atom stereocenters. The Balaban J connectivity index is 0. The van der Waals surface area contributed by atoms with Crippen molar-refractivity contribution in [1.29, 1.82) is 0 Å². The first-order chi connectivity index (χ1) is 8.16. The van der Waals surface area contributed by atoms with Crippen LogP contribution in [0.1, 0.15) is 25.7 Å². The van der Waals surface area contributed by atoms with Crippen molar-refractivity contribution in [3.05, 3.63) is 0 Å². The summed E-state index contributed by atoms with van der Waals surface area (Å²) in [6.07, 6.45) is -0.469. The van der Waals surface area contributed by atoms with Crippen LogP contribution in [0.2, 0.25) is 0 Å². The van der Waals surface area contributed by atoms with Crippen molar-refractivity contribution >= 4 is 23.8 Å². The largest absolute Gasteiger partial charge is 0.481 e. The highest BCUT2D eigenvalue weighted by Gasteiger charge is 2.11. The molecule has 18 heavy (non-hydrogen) atoms. The zero-order chi connectivity index (χ0) is 14.7. The van der Waals surface area contributed by atoms with Gasteiger partial charge in [-0.05, 0) is 6.42 Å². The van der Waals surface area contributed by atoms with Gasteiger partial charge < -0.3 is 26.8 Å². The van der Waals surface area contributed by atoms with Gasteiger partial charge in [0.25, 0.3) is 0 Å². The molecule has 0 saturated heterocycles. The molecule has 0 bridgehead atoms. The van der Waals surface area contributed by atoms with Crippen LogP contribution in [-0.4, -0.2) is 45.2 Å². The maximum Gasteiger partial charge on any atom is 0.320 e. The van der Waals surface area contributed by atoms with Crippen molar-refractivity contribution in [2.24, 2.45) is 11.5 Å². The number of aliphatic carboxylic acids is 3. The van der Waals surface area contributed by atoms with E-state index in [1.807, 2.05) is 0 Å². The standard InChI is InChI=1S/C5H10N2O3.C4H6O4/c6-3(5(9)10)1-2-4(7)8;5-3(6)1-2-4(7)8/h3H,1-2,6H2,(H2,7,8)(H,9,10);1-2H2,(H,5,6)(H,7,8)/t3-;/m0./s1. The second-order valence-corrected chi connectivity index (χ2v) is 3.24. The van der Waals surface area contributed by atoms with Crippen molar-refractivity contribution < 1.29 is 34.5 Å². The monoisotopic (exact) mass is 264 g/mol. The van der Waals surface area contributed by atoms with Gasteiger partial charge in [-0.1, -0.05) is 0 Å². The summed E-state index contributed by atoms with van der Waals surface area (Å²) in [4.78, 5) is 39.4. The number of amides is 1. The van der Waals surface area contributed by atoms with Crippen LogP contribution >= 0.6 is 0 Å². The van der Waals surface area contributed by atoms with Crippen LogP contribution in [0.3, 0.4) is 0 Å². The van der Waals surface area contributed by atoms with Crippen LogP contribution in [-0.2, 0) is 19.2 Å². The van der Waals surface area contributed by atoms with E-state index in [1.165, 1.54) is 0 Å². The number of carbonyl (C=O) groups excluding carboxylic acids is 1. The van der Waals surface area contributed by atoms with Gasteiger partial charge in [-0.25, -0.2) is 0 Å². The molecule has 7 N–H and O–H groups in total. The highest BCUT2D eigenvalue weighted by molar-refractivity contribution is 5.77. The molecule has 0 aliphatic carbocycles. The van der Waals surface area contributed by atoms with Gasteiger partial charge in [0.05, 0.1) is 12.8 Å². The second-order valence-electron chi connectivity index (χ2n) is 3.24. The topological polar surface area (TPSA) is 181 Å². The van der Waals surface area contributed by atoms with E-state index in [1.54, 1.807) is 0 Å². The van der Waals surface area contributed by atoms with Gasteiger partial charge in [-0.3, -0.25) is 19.2 Å². The van der Waals surface area contributed by atoms with Crippen molar-refractivity contribution in [3.63, 3.8) is 0 Å². The van der Waals surface area contributed by atoms with Gasteiger partial charge in [0.2, 0.25) is 5.91 Å². The van der Waals surface area contributed by atoms with Gasteiger partial charge in [0, 0.05) is 6.42 Å². The molecule has 1 amide bonds. The van der Waals surface area contributed by atoms with Crippen LogP contribution in [0.4, 0.5) is 0 Å². The number of carboxylic acid groups (broad SMARTS) is 3. The van der Waals surface area contributed by atoms with E-state index in [4.69, 9.17) is 26.8 Å². The van der Waals surface area contributed by atoms with Crippen LogP contribution in [0, 0.1) is 0 Å². The third-order valence-electron chi connectivity index (χ3n) is 1.57. The molecule has 9 nitrogen and oxygen atoms in total. The van der Waals surface area contributed by atoms with E-state index in [-0.39, 0.29) is 25.7 Å². The first-order valence-electron chi connectivity index (χ1n) is 4.87. The van der Waals surface area contributed by atoms with E-state index in [0.717, 1.165) is 0 Å². The molecule has 9 heteroatoms. The number of nitrogens with two attached hydrogens (primary N) is 2.